The molecule has 1 aromatic carbocycles. The number of amidine groups is 1. The molecule has 2 unspecified atom stereocenters. The van der Waals surface area contributed by atoms with Crippen LogP contribution in [0.5, 0.6) is 0 Å². The van der Waals surface area contributed by atoms with Crippen LogP contribution < -0.4 is 22.0 Å². The van der Waals surface area contributed by atoms with Gasteiger partial charge in [0.25, 0.3) is 0 Å². The number of hydrogen-bond donors (Lipinski definition) is 4. The summed E-state index contributed by atoms with van der Waals surface area (Å²) < 4.78 is 0. The van der Waals surface area contributed by atoms with E-state index in [1.165, 1.54) is 11.1 Å². The molecule has 1 saturated heterocycles. The van der Waals surface area contributed by atoms with E-state index in [4.69, 9.17) is 5.84 Å². The van der Waals surface area contributed by atoms with Gasteiger partial charge in [-0.05, 0) is 12.5 Å². The van der Waals surface area contributed by atoms with E-state index in [1.807, 2.05) is 0 Å². The van der Waals surface area contributed by atoms with Crippen molar-refractivity contribution in [2.75, 3.05) is 13.2 Å². The van der Waals surface area contributed by atoms with Crippen LogP contribution in [0, 0.1) is 12.8 Å². The number of nitrogens with zero attached hydrogens (tertiary/aromatic N) is 2. The maximum absolute atomic E-state index is 5.52. The summed E-state index contributed by atoms with van der Waals surface area (Å²) in [4.78, 5) is 4.35. The lowest BCUT2D eigenvalue weighted by molar-refractivity contribution is 0.141. The van der Waals surface area contributed by atoms with E-state index >= 15 is 0 Å². The second kappa shape index (κ2) is 5.26. The van der Waals surface area contributed by atoms with Gasteiger partial charge in [-0.15, -0.1) is 0 Å². The molecule has 0 amide bonds. The number of fused-ring (bicyclic) bond motifs is 1. The van der Waals surface area contributed by atoms with Crippen LogP contribution in [0.3, 0.4) is 0 Å². The Balaban J connectivity index is 1.70. The number of benzene rings is 1. The normalized spacial score (nSPS) is 26.9. The zero-order chi connectivity index (χ0) is 13.2. The van der Waals surface area contributed by atoms with Gasteiger partial charge in [-0.3, -0.25) is 15.7 Å². The van der Waals surface area contributed by atoms with Crippen molar-refractivity contribution in [2.45, 2.75) is 19.6 Å². The first-order valence-electron chi connectivity index (χ1n) is 6.58. The number of aliphatic imine (C=N–C) groups is 1. The summed E-state index contributed by atoms with van der Waals surface area (Å²) in [7, 11) is 0. The smallest absolute Gasteiger partial charge is 0.119 e. The summed E-state index contributed by atoms with van der Waals surface area (Å²) in [6.45, 7) is 4.43. The zero-order valence-electron chi connectivity index (χ0n) is 11.1. The van der Waals surface area contributed by atoms with Gasteiger partial charge in [0, 0.05) is 13.1 Å². The second-order valence-corrected chi connectivity index (χ2v) is 5.08. The highest BCUT2D eigenvalue weighted by atomic mass is 15.6. The van der Waals surface area contributed by atoms with Crippen LogP contribution in [0.4, 0.5) is 0 Å². The molecule has 5 N–H and O–H groups in total. The van der Waals surface area contributed by atoms with Crippen molar-refractivity contribution in [3.05, 3.63) is 35.4 Å². The molecule has 2 heterocycles. The van der Waals surface area contributed by atoms with Crippen molar-refractivity contribution in [1.29, 1.82) is 0 Å². The fraction of sp³-hybridized carbons (Fsp3) is 0.462. The van der Waals surface area contributed by atoms with Crippen LogP contribution in [0.1, 0.15) is 11.1 Å². The number of aryl methyl sites for hydroxylation is 1. The standard InChI is InChI=1S/C13H20N6/c1-9-2-4-10(5-3-9)7-19-13-11(6-17-19)12(18-14)15-8-16-13/h2-5,11,13,16-17H,6-8,14H2,1H3,(H,15,18). The molecule has 2 aliphatic heterocycles. The molecule has 2 atom stereocenters. The van der Waals surface area contributed by atoms with Crippen molar-refractivity contribution in [3.63, 3.8) is 0 Å². The monoisotopic (exact) mass is 260 g/mol. The van der Waals surface area contributed by atoms with E-state index in [2.05, 4.69) is 57.4 Å². The average Bonchev–Trinajstić information content (AvgIpc) is 2.84. The van der Waals surface area contributed by atoms with Crippen LogP contribution in [-0.4, -0.2) is 30.2 Å². The minimum absolute atomic E-state index is 0.241. The molecule has 0 aromatic heterocycles. The molecule has 0 saturated carbocycles. The molecule has 0 radical (unpaired) electrons. The van der Waals surface area contributed by atoms with Crippen LogP contribution in [-0.2, 0) is 6.54 Å². The lowest BCUT2D eigenvalue weighted by Crippen LogP contribution is -2.54. The Labute approximate surface area is 113 Å². The van der Waals surface area contributed by atoms with Crippen molar-refractivity contribution in [1.82, 2.24) is 21.2 Å². The largest absolute Gasteiger partial charge is 0.312 e. The predicted octanol–water partition coefficient (Wildman–Crippen LogP) is -0.320. The predicted molar refractivity (Wildman–Crippen MR) is 74.8 cm³/mol. The van der Waals surface area contributed by atoms with E-state index in [-0.39, 0.29) is 12.1 Å². The van der Waals surface area contributed by atoms with Crippen LogP contribution in [0.25, 0.3) is 0 Å². The maximum Gasteiger partial charge on any atom is 0.119 e. The Bertz CT molecular complexity index is 469. The SMILES string of the molecule is Cc1ccc(CN2NCC3C(NN)=NCNC32)cc1. The molecule has 1 aromatic rings. The number of hydrogen-bond acceptors (Lipinski definition) is 6. The van der Waals surface area contributed by atoms with Gasteiger partial charge in [-0.1, -0.05) is 29.8 Å². The summed E-state index contributed by atoms with van der Waals surface area (Å²) in [5, 5.41) is 5.63. The first-order valence-corrected chi connectivity index (χ1v) is 6.58. The molecule has 2 aliphatic rings. The number of nitrogens with one attached hydrogen (secondary N) is 3. The molecule has 0 bridgehead atoms. The Morgan fingerprint density at radius 2 is 2.21 bits per heavy atom. The molecule has 1 fully saturated rings. The lowest BCUT2D eigenvalue weighted by Gasteiger charge is -2.31. The number of rotatable bonds is 2. The summed E-state index contributed by atoms with van der Waals surface area (Å²) in [5.41, 5.74) is 8.71. The van der Waals surface area contributed by atoms with Gasteiger partial charge in [-0.25, -0.2) is 10.9 Å². The Morgan fingerprint density at radius 1 is 1.42 bits per heavy atom. The van der Waals surface area contributed by atoms with Crippen LogP contribution >= 0.6 is 0 Å². The highest BCUT2D eigenvalue weighted by Gasteiger charge is 2.38. The average molecular weight is 260 g/mol. The van der Waals surface area contributed by atoms with E-state index in [9.17, 15) is 0 Å². The molecule has 0 spiro atoms. The fourth-order valence-corrected chi connectivity index (χ4v) is 2.68. The minimum atomic E-state index is 0.241. The van der Waals surface area contributed by atoms with Crippen molar-refractivity contribution >= 4 is 5.84 Å². The summed E-state index contributed by atoms with van der Waals surface area (Å²) >= 11 is 0. The summed E-state index contributed by atoms with van der Waals surface area (Å²) in [5.74, 6) is 6.68. The first kappa shape index (κ1) is 12.6. The molecular formula is C13H20N6. The third-order valence-electron chi connectivity index (χ3n) is 3.75. The van der Waals surface area contributed by atoms with Gasteiger partial charge < -0.3 is 5.43 Å². The van der Waals surface area contributed by atoms with Gasteiger partial charge in [0.05, 0.1) is 18.8 Å². The number of nitrogens with two attached hydrogens (primary N) is 1. The highest BCUT2D eigenvalue weighted by molar-refractivity contribution is 5.85. The van der Waals surface area contributed by atoms with E-state index in [1.54, 1.807) is 0 Å². The van der Waals surface area contributed by atoms with Gasteiger partial charge in [0.2, 0.25) is 0 Å². The van der Waals surface area contributed by atoms with E-state index in [0.717, 1.165) is 18.9 Å². The van der Waals surface area contributed by atoms with Gasteiger partial charge in [0.15, 0.2) is 0 Å². The zero-order valence-corrected chi connectivity index (χ0v) is 11.1. The van der Waals surface area contributed by atoms with Gasteiger partial charge in [0.1, 0.15) is 5.84 Å². The maximum atomic E-state index is 5.52. The number of hydrazine groups is 2. The quantitative estimate of drug-likeness (QED) is 0.433. The molecular weight excluding hydrogens is 240 g/mol. The first-order chi connectivity index (χ1) is 9.28. The summed E-state index contributed by atoms with van der Waals surface area (Å²) in [6.07, 6.45) is 0.241. The lowest BCUT2D eigenvalue weighted by atomic mass is 10.0. The molecule has 102 valence electrons. The Morgan fingerprint density at radius 3 is 2.95 bits per heavy atom. The van der Waals surface area contributed by atoms with Crippen LogP contribution in [0.2, 0.25) is 0 Å². The van der Waals surface area contributed by atoms with Crippen molar-refractivity contribution in [3.8, 4) is 0 Å². The Hall–Kier alpha value is -1.47. The third-order valence-corrected chi connectivity index (χ3v) is 3.75. The topological polar surface area (TPSA) is 77.7 Å². The molecule has 6 heteroatoms. The third kappa shape index (κ3) is 2.48. The van der Waals surface area contributed by atoms with E-state index in [0.29, 0.717) is 6.67 Å². The van der Waals surface area contributed by atoms with Gasteiger partial charge in [-0.2, -0.15) is 0 Å². The second-order valence-electron chi connectivity index (χ2n) is 5.08. The molecule has 6 nitrogen and oxygen atoms in total. The highest BCUT2D eigenvalue weighted by Crippen LogP contribution is 2.20. The van der Waals surface area contributed by atoms with Crippen molar-refractivity contribution < 1.29 is 0 Å². The van der Waals surface area contributed by atoms with Crippen molar-refractivity contribution in [2.24, 2.45) is 16.8 Å². The fourth-order valence-electron chi connectivity index (χ4n) is 2.68. The molecule has 19 heavy (non-hydrogen) atoms. The molecule has 0 aliphatic carbocycles. The summed E-state index contributed by atoms with van der Waals surface area (Å²) in [6, 6.07) is 8.63. The van der Waals surface area contributed by atoms with E-state index < -0.39 is 0 Å². The van der Waals surface area contributed by atoms with Crippen LogP contribution in [0.15, 0.2) is 29.3 Å². The molecule has 3 rings (SSSR count). The minimum Gasteiger partial charge on any atom is -0.312 e. The van der Waals surface area contributed by atoms with Gasteiger partial charge >= 0.3 is 0 Å². The Kier molecular flexibility index (Phi) is 3.48.